The Labute approximate surface area is 72.3 Å². The van der Waals surface area contributed by atoms with Crippen LogP contribution in [-0.2, 0) is 9.47 Å². The van der Waals surface area contributed by atoms with Crippen molar-refractivity contribution in [3.05, 3.63) is 10.2 Å². The first-order chi connectivity index (χ1) is 5.29. The van der Waals surface area contributed by atoms with Crippen molar-refractivity contribution < 1.29 is 9.47 Å². The molecule has 0 amide bonds. The number of hydrogen-bond donors (Lipinski definition) is 0. The summed E-state index contributed by atoms with van der Waals surface area (Å²) >= 11 is 0.518. The molecule has 0 aromatic rings. The van der Waals surface area contributed by atoms with Crippen molar-refractivity contribution in [1.29, 1.82) is 0 Å². The van der Waals surface area contributed by atoms with E-state index in [0.717, 1.165) is 19.0 Å². The molecule has 1 fully saturated rings. The molecule has 1 saturated heterocycles. The first-order valence-corrected chi connectivity index (χ1v) is 5.47. The molecule has 1 atom stereocenters. The van der Waals surface area contributed by atoms with Crippen molar-refractivity contribution in [2.45, 2.75) is 20.0 Å². The maximum atomic E-state index is 5.58. The molecule has 1 unspecified atom stereocenters. The summed E-state index contributed by atoms with van der Waals surface area (Å²) in [7, 11) is 0. The number of allylic oxidation sites excluding steroid dienone is 1. The van der Waals surface area contributed by atoms with Crippen molar-refractivity contribution in [2.24, 2.45) is 0 Å². The number of rotatable bonds is 0. The van der Waals surface area contributed by atoms with Crippen LogP contribution in [0.3, 0.4) is 0 Å². The summed E-state index contributed by atoms with van der Waals surface area (Å²) < 4.78 is 14.0. The van der Waals surface area contributed by atoms with E-state index >= 15 is 0 Å². The van der Waals surface area contributed by atoms with Crippen molar-refractivity contribution in [3.63, 3.8) is 0 Å². The van der Waals surface area contributed by atoms with Gasteiger partial charge in [-0.05, 0) is 0 Å². The van der Waals surface area contributed by atoms with Crippen LogP contribution in [0.2, 0.25) is 0 Å². The van der Waals surface area contributed by atoms with Crippen molar-refractivity contribution in [3.8, 4) is 0 Å². The standard InChI is InChI=1S/C8H11O2Se/c1-5-7-8(6(2)11-5)10-4-3-9-7/h7H,3-4H2,1-2H3. The van der Waals surface area contributed by atoms with Gasteiger partial charge in [-0.25, -0.2) is 0 Å². The molecule has 0 spiro atoms. The Morgan fingerprint density at radius 3 is 2.91 bits per heavy atom. The summed E-state index contributed by atoms with van der Waals surface area (Å²) in [6, 6.07) is 0. The third-order valence-electron chi connectivity index (χ3n) is 1.89. The average molecular weight is 218 g/mol. The molecule has 2 heterocycles. The van der Waals surface area contributed by atoms with Gasteiger partial charge >= 0.3 is 71.8 Å². The fourth-order valence-electron chi connectivity index (χ4n) is 1.40. The van der Waals surface area contributed by atoms with Crippen LogP contribution in [-0.4, -0.2) is 38.3 Å². The van der Waals surface area contributed by atoms with Crippen LogP contribution in [0, 0.1) is 0 Å². The van der Waals surface area contributed by atoms with E-state index in [4.69, 9.17) is 9.47 Å². The van der Waals surface area contributed by atoms with Gasteiger partial charge in [0.05, 0.1) is 0 Å². The topological polar surface area (TPSA) is 18.5 Å². The second-order valence-electron chi connectivity index (χ2n) is 2.73. The Kier molecular flexibility index (Phi) is 1.88. The molecule has 3 heteroatoms. The minimum atomic E-state index is 0.212. The van der Waals surface area contributed by atoms with Crippen LogP contribution >= 0.6 is 0 Å². The molecule has 0 aliphatic carbocycles. The van der Waals surface area contributed by atoms with Gasteiger partial charge in [0, 0.05) is 0 Å². The average Bonchev–Trinajstić information content (AvgIpc) is 2.30. The van der Waals surface area contributed by atoms with Crippen molar-refractivity contribution in [2.75, 3.05) is 13.2 Å². The van der Waals surface area contributed by atoms with Gasteiger partial charge in [-0.2, -0.15) is 0 Å². The molecule has 0 aromatic heterocycles. The summed E-state index contributed by atoms with van der Waals surface area (Å²) in [6.45, 7) is 5.78. The van der Waals surface area contributed by atoms with Gasteiger partial charge in [-0.15, -0.1) is 0 Å². The van der Waals surface area contributed by atoms with Gasteiger partial charge in [0.25, 0.3) is 0 Å². The molecule has 0 saturated carbocycles. The van der Waals surface area contributed by atoms with E-state index in [1.165, 1.54) is 8.89 Å². The Hall–Kier alpha value is -0.111. The predicted molar refractivity (Wildman–Crippen MR) is 44.8 cm³/mol. The second kappa shape index (κ2) is 2.74. The molecule has 61 valence electrons. The number of ether oxygens (including phenoxy) is 2. The molecular weight excluding hydrogens is 207 g/mol. The third kappa shape index (κ3) is 1.17. The Bertz CT molecular complexity index is 242. The van der Waals surface area contributed by atoms with Crippen LogP contribution in [0.15, 0.2) is 10.2 Å². The molecule has 2 nitrogen and oxygen atoms in total. The van der Waals surface area contributed by atoms with E-state index in [1.807, 2.05) is 0 Å². The fraction of sp³-hybridized carbons (Fsp3) is 0.625. The van der Waals surface area contributed by atoms with E-state index in [-0.39, 0.29) is 6.10 Å². The predicted octanol–water partition coefficient (Wildman–Crippen LogP) is 0.543. The number of hydrogen-bond acceptors (Lipinski definition) is 2. The number of fused-ring (bicyclic) bond motifs is 1. The van der Waals surface area contributed by atoms with Gasteiger partial charge in [0.15, 0.2) is 0 Å². The van der Waals surface area contributed by atoms with Gasteiger partial charge in [-0.3, -0.25) is 0 Å². The molecule has 2 rings (SSSR count). The summed E-state index contributed by atoms with van der Waals surface area (Å²) in [5, 5.41) is 0. The van der Waals surface area contributed by atoms with E-state index in [1.54, 1.807) is 0 Å². The summed E-state index contributed by atoms with van der Waals surface area (Å²) in [6.07, 6.45) is 0.212. The third-order valence-corrected chi connectivity index (χ3v) is 4.08. The molecule has 0 bridgehead atoms. The van der Waals surface area contributed by atoms with Crippen LogP contribution in [0.25, 0.3) is 0 Å². The zero-order valence-corrected chi connectivity index (χ0v) is 8.43. The molecule has 0 aromatic carbocycles. The quantitative estimate of drug-likeness (QED) is 0.552. The van der Waals surface area contributed by atoms with Gasteiger partial charge in [0.2, 0.25) is 0 Å². The molecular formula is C8H11O2Se. The van der Waals surface area contributed by atoms with Crippen LogP contribution in [0.5, 0.6) is 0 Å². The second-order valence-corrected chi connectivity index (χ2v) is 5.80. The summed E-state index contributed by atoms with van der Waals surface area (Å²) in [5.74, 6) is 1.11. The van der Waals surface area contributed by atoms with Gasteiger partial charge in [-0.1, -0.05) is 0 Å². The molecule has 1 radical (unpaired) electrons. The zero-order chi connectivity index (χ0) is 7.84. The fourth-order valence-corrected chi connectivity index (χ4v) is 3.57. The summed E-state index contributed by atoms with van der Waals surface area (Å²) in [5.41, 5.74) is 0. The zero-order valence-electron chi connectivity index (χ0n) is 6.72. The van der Waals surface area contributed by atoms with Crippen LogP contribution in [0.4, 0.5) is 0 Å². The van der Waals surface area contributed by atoms with Crippen molar-refractivity contribution in [1.82, 2.24) is 0 Å². The van der Waals surface area contributed by atoms with Gasteiger partial charge in [0.1, 0.15) is 0 Å². The molecule has 0 N–H and O–H groups in total. The Morgan fingerprint density at radius 1 is 1.36 bits per heavy atom. The van der Waals surface area contributed by atoms with E-state index < -0.39 is 0 Å². The molecule has 2 aliphatic rings. The Morgan fingerprint density at radius 2 is 2.18 bits per heavy atom. The normalized spacial score (nSPS) is 29.6. The molecule has 2 aliphatic heterocycles. The monoisotopic (exact) mass is 219 g/mol. The van der Waals surface area contributed by atoms with Crippen LogP contribution < -0.4 is 0 Å². The van der Waals surface area contributed by atoms with E-state index in [0.29, 0.717) is 14.5 Å². The first kappa shape index (κ1) is 7.53. The Balaban J connectivity index is 2.29. The van der Waals surface area contributed by atoms with Crippen LogP contribution in [0.1, 0.15) is 13.8 Å². The molecule has 11 heavy (non-hydrogen) atoms. The van der Waals surface area contributed by atoms with E-state index in [9.17, 15) is 0 Å². The van der Waals surface area contributed by atoms with E-state index in [2.05, 4.69) is 13.8 Å². The SMILES string of the molecule is CC1=[Se]C(C)=C2OCCOC12. The first-order valence-electron chi connectivity index (χ1n) is 3.75. The van der Waals surface area contributed by atoms with Crippen molar-refractivity contribution >= 4 is 18.9 Å². The maximum absolute atomic E-state index is 5.58. The van der Waals surface area contributed by atoms with Gasteiger partial charge < -0.3 is 0 Å². The minimum absolute atomic E-state index is 0.212. The summed E-state index contributed by atoms with van der Waals surface area (Å²) in [4.78, 5) is 0.